The van der Waals surface area contributed by atoms with Crippen LogP contribution < -0.4 is 11.1 Å². The molecule has 2 aromatic rings. The summed E-state index contributed by atoms with van der Waals surface area (Å²) in [5.74, 6) is -0.164. The number of carbonyl (C=O) groups is 1. The number of nitrogens with one attached hydrogen (secondary N) is 1. The summed E-state index contributed by atoms with van der Waals surface area (Å²) in [6.45, 7) is 2.57. The van der Waals surface area contributed by atoms with Crippen molar-refractivity contribution in [3.8, 4) is 10.6 Å². The van der Waals surface area contributed by atoms with Crippen LogP contribution in [0.3, 0.4) is 0 Å². The van der Waals surface area contributed by atoms with E-state index in [1.807, 2.05) is 6.07 Å². The predicted molar refractivity (Wildman–Crippen MR) is 94.1 cm³/mol. The molecule has 0 spiro atoms. The van der Waals surface area contributed by atoms with E-state index < -0.39 is 0 Å². The van der Waals surface area contributed by atoms with Crippen LogP contribution in [0.15, 0.2) is 28.4 Å². The van der Waals surface area contributed by atoms with Crippen molar-refractivity contribution in [3.63, 3.8) is 0 Å². The van der Waals surface area contributed by atoms with Crippen LogP contribution in [0.5, 0.6) is 0 Å². The first-order valence-electron chi connectivity index (χ1n) is 6.73. The monoisotopic (exact) mass is 365 g/mol. The van der Waals surface area contributed by atoms with Crippen LogP contribution in [-0.4, -0.2) is 23.5 Å². The smallest absolute Gasteiger partial charge is 0.271 e. The number of hydrogen-bond acceptors (Lipinski definition) is 5. The molecule has 0 aromatic carbocycles. The molecule has 0 saturated carbocycles. The van der Waals surface area contributed by atoms with Gasteiger partial charge in [-0.05, 0) is 12.5 Å². The summed E-state index contributed by atoms with van der Waals surface area (Å²) in [6, 6.07) is 1.84. The Labute approximate surface area is 146 Å². The van der Waals surface area contributed by atoms with Crippen molar-refractivity contribution < 1.29 is 9.21 Å². The highest BCUT2D eigenvalue weighted by molar-refractivity contribution is 7.13. The molecule has 1 unspecified atom stereocenters. The molecule has 0 aliphatic rings. The first-order valence-corrected chi connectivity index (χ1v) is 7.61. The maximum Gasteiger partial charge on any atom is 0.271 e. The second-order valence-electron chi connectivity index (χ2n) is 4.60. The summed E-state index contributed by atoms with van der Waals surface area (Å²) in [5, 5.41) is 5.47. The highest BCUT2D eigenvalue weighted by atomic mass is 35.5. The Morgan fingerprint density at radius 3 is 2.86 bits per heavy atom. The van der Waals surface area contributed by atoms with Crippen LogP contribution in [0.25, 0.3) is 10.6 Å². The van der Waals surface area contributed by atoms with E-state index >= 15 is 0 Å². The quantitative estimate of drug-likeness (QED) is 0.786. The molecular weight excluding hydrogens is 345 g/mol. The number of furan rings is 1. The summed E-state index contributed by atoms with van der Waals surface area (Å²) in [5.41, 5.74) is 6.99. The van der Waals surface area contributed by atoms with Crippen molar-refractivity contribution in [2.45, 2.75) is 32.2 Å². The molecule has 0 saturated heterocycles. The van der Waals surface area contributed by atoms with E-state index in [-0.39, 0.29) is 36.8 Å². The van der Waals surface area contributed by atoms with Gasteiger partial charge in [-0.1, -0.05) is 19.8 Å². The van der Waals surface area contributed by atoms with E-state index in [2.05, 4.69) is 17.2 Å². The van der Waals surface area contributed by atoms with Gasteiger partial charge in [0.15, 0.2) is 0 Å². The lowest BCUT2D eigenvalue weighted by Crippen LogP contribution is -2.40. The number of nitrogens with zero attached hydrogens (tertiary/aromatic N) is 1. The fourth-order valence-electron chi connectivity index (χ4n) is 1.86. The third-order valence-electron chi connectivity index (χ3n) is 3.03. The number of carbonyl (C=O) groups excluding carboxylic acids is 1. The van der Waals surface area contributed by atoms with Gasteiger partial charge in [0.1, 0.15) is 17.0 Å². The highest BCUT2D eigenvalue weighted by Crippen LogP contribution is 2.23. The minimum Gasteiger partial charge on any atom is -0.472 e. The van der Waals surface area contributed by atoms with Gasteiger partial charge in [-0.2, -0.15) is 0 Å². The third-order valence-corrected chi connectivity index (χ3v) is 3.92. The van der Waals surface area contributed by atoms with Crippen molar-refractivity contribution in [1.29, 1.82) is 0 Å². The molecule has 5 nitrogen and oxygen atoms in total. The van der Waals surface area contributed by atoms with E-state index in [0.717, 1.165) is 29.8 Å². The summed E-state index contributed by atoms with van der Waals surface area (Å²) in [6.07, 6.45) is 6.25. The summed E-state index contributed by atoms with van der Waals surface area (Å²) in [4.78, 5) is 16.4. The Morgan fingerprint density at radius 1 is 1.50 bits per heavy atom. The molecule has 1 amide bonds. The third kappa shape index (κ3) is 5.61. The van der Waals surface area contributed by atoms with E-state index in [1.165, 1.54) is 11.3 Å². The topological polar surface area (TPSA) is 81.1 Å². The fraction of sp³-hybridized carbons (Fsp3) is 0.429. The Morgan fingerprint density at radius 2 is 2.27 bits per heavy atom. The lowest BCUT2D eigenvalue weighted by molar-refractivity contribution is 0.0931. The molecule has 0 radical (unpaired) electrons. The average molecular weight is 366 g/mol. The molecule has 1 atom stereocenters. The van der Waals surface area contributed by atoms with Crippen LogP contribution in [0.1, 0.15) is 36.7 Å². The van der Waals surface area contributed by atoms with E-state index in [0.29, 0.717) is 12.2 Å². The SMILES string of the molecule is CCCCC(CN)NC(=O)c1csc(-c2ccoc2)n1.Cl.Cl. The molecule has 0 aliphatic heterocycles. The summed E-state index contributed by atoms with van der Waals surface area (Å²) < 4.78 is 5.01. The molecule has 2 heterocycles. The number of aromatic nitrogens is 1. The first-order chi connectivity index (χ1) is 9.74. The number of hydrogen-bond donors (Lipinski definition) is 2. The van der Waals surface area contributed by atoms with Gasteiger partial charge in [-0.25, -0.2) is 4.98 Å². The van der Waals surface area contributed by atoms with Crippen molar-refractivity contribution in [1.82, 2.24) is 10.3 Å². The van der Waals surface area contributed by atoms with Crippen LogP contribution in [0.2, 0.25) is 0 Å². The van der Waals surface area contributed by atoms with Crippen LogP contribution in [-0.2, 0) is 0 Å². The molecule has 0 fully saturated rings. The molecule has 124 valence electrons. The second-order valence-corrected chi connectivity index (χ2v) is 5.46. The van der Waals surface area contributed by atoms with E-state index in [1.54, 1.807) is 17.9 Å². The molecule has 2 aromatic heterocycles. The Hall–Kier alpha value is -1.08. The van der Waals surface area contributed by atoms with Gasteiger partial charge < -0.3 is 15.5 Å². The predicted octanol–water partition coefficient (Wildman–Crippen LogP) is 3.49. The Balaban J connectivity index is 0.00000220. The number of halogens is 2. The van der Waals surface area contributed by atoms with Crippen LogP contribution in [0, 0.1) is 0 Å². The van der Waals surface area contributed by atoms with Gasteiger partial charge >= 0.3 is 0 Å². The summed E-state index contributed by atoms with van der Waals surface area (Å²) in [7, 11) is 0. The van der Waals surface area contributed by atoms with Crippen molar-refractivity contribution in [2.24, 2.45) is 5.73 Å². The Kier molecular flexibility index (Phi) is 10.1. The highest BCUT2D eigenvalue weighted by Gasteiger charge is 2.15. The minimum absolute atomic E-state index is 0. The lowest BCUT2D eigenvalue weighted by atomic mass is 10.1. The van der Waals surface area contributed by atoms with Crippen molar-refractivity contribution in [2.75, 3.05) is 6.54 Å². The zero-order valence-electron chi connectivity index (χ0n) is 12.3. The number of nitrogens with two attached hydrogens (primary N) is 1. The molecule has 0 aliphatic carbocycles. The lowest BCUT2D eigenvalue weighted by Gasteiger charge is -2.15. The standard InChI is InChI=1S/C14H19N3O2S.2ClH/c1-2-3-4-11(7-15)16-13(18)12-9-20-14(17-12)10-5-6-19-8-10;;/h5-6,8-9,11H,2-4,7,15H2,1H3,(H,16,18);2*1H. The van der Waals surface area contributed by atoms with Crippen molar-refractivity contribution >= 4 is 42.1 Å². The zero-order chi connectivity index (χ0) is 14.4. The number of unbranched alkanes of at least 4 members (excludes halogenated alkanes) is 1. The summed E-state index contributed by atoms with van der Waals surface area (Å²) >= 11 is 1.42. The molecule has 0 bridgehead atoms. The van der Waals surface area contributed by atoms with E-state index in [4.69, 9.17) is 10.2 Å². The van der Waals surface area contributed by atoms with Gasteiger partial charge in [0.05, 0.1) is 6.26 Å². The maximum absolute atomic E-state index is 12.1. The second kappa shape index (κ2) is 10.6. The Bertz CT molecular complexity index is 546. The zero-order valence-corrected chi connectivity index (χ0v) is 14.7. The maximum atomic E-state index is 12.1. The number of amides is 1. The van der Waals surface area contributed by atoms with Crippen LogP contribution >= 0.6 is 36.2 Å². The number of thiazole rings is 1. The molecule has 2 rings (SSSR count). The molecule has 8 heteroatoms. The van der Waals surface area contributed by atoms with Crippen molar-refractivity contribution in [3.05, 3.63) is 29.7 Å². The number of rotatable bonds is 7. The van der Waals surface area contributed by atoms with Crippen LogP contribution in [0.4, 0.5) is 0 Å². The molecule has 3 N–H and O–H groups in total. The largest absolute Gasteiger partial charge is 0.472 e. The minimum atomic E-state index is -0.164. The first kappa shape index (κ1) is 20.9. The van der Waals surface area contributed by atoms with Gasteiger partial charge in [0.2, 0.25) is 0 Å². The normalized spacial score (nSPS) is 11.2. The van der Waals surface area contributed by atoms with Gasteiger partial charge in [0, 0.05) is 23.5 Å². The van der Waals surface area contributed by atoms with E-state index in [9.17, 15) is 4.79 Å². The van der Waals surface area contributed by atoms with Gasteiger partial charge in [0.25, 0.3) is 5.91 Å². The van der Waals surface area contributed by atoms with Gasteiger partial charge in [-0.15, -0.1) is 36.2 Å². The average Bonchev–Trinajstić information content (AvgIpc) is 3.12. The van der Waals surface area contributed by atoms with Gasteiger partial charge in [-0.3, -0.25) is 4.79 Å². The fourth-order valence-corrected chi connectivity index (χ4v) is 2.64. The molecular formula is C14H21Cl2N3O2S. The molecule has 22 heavy (non-hydrogen) atoms.